The maximum absolute atomic E-state index is 12.5. The summed E-state index contributed by atoms with van der Waals surface area (Å²) in [5, 5.41) is 12.1. The molecular formula is C12H17Cl2N3O3S. The molecule has 4 N–H and O–H groups in total. The average Bonchev–Trinajstić information content (AvgIpc) is 2.46. The van der Waals surface area contributed by atoms with Crippen LogP contribution in [-0.4, -0.2) is 25.0 Å². The van der Waals surface area contributed by atoms with Crippen molar-refractivity contribution < 1.29 is 13.6 Å². The molecule has 0 fully saturated rings. The molecule has 0 atom stereocenters. The van der Waals surface area contributed by atoms with Gasteiger partial charge in [-0.1, -0.05) is 42.2 Å². The molecule has 0 saturated carbocycles. The molecule has 0 radical (unpaired) electrons. The van der Waals surface area contributed by atoms with Gasteiger partial charge >= 0.3 is 0 Å². The number of oxime groups is 1. The van der Waals surface area contributed by atoms with E-state index >= 15 is 0 Å². The van der Waals surface area contributed by atoms with Crippen LogP contribution < -0.4 is 10.5 Å². The summed E-state index contributed by atoms with van der Waals surface area (Å²) in [7, 11) is -3.99. The zero-order valence-corrected chi connectivity index (χ0v) is 13.9. The molecule has 0 saturated heterocycles. The van der Waals surface area contributed by atoms with Crippen molar-refractivity contribution in [2.45, 2.75) is 37.1 Å². The number of sulfonamides is 1. The number of halogens is 2. The van der Waals surface area contributed by atoms with Gasteiger partial charge in [-0.15, -0.1) is 0 Å². The summed E-state index contributed by atoms with van der Waals surface area (Å²) in [6, 6.07) is 4.12. The standard InChI is InChI=1S/C12H17Cl2N3O3S/c1-3-12(4-2,11(15)16-18)17-21(19,20)10-7-8(13)5-6-9(10)14/h5-7,17-18H,3-4H2,1-2H3,(H2,15,16). The third-order valence-corrected chi connectivity index (χ3v) is 5.57. The summed E-state index contributed by atoms with van der Waals surface area (Å²) in [6.45, 7) is 3.45. The SMILES string of the molecule is CCC(CC)(NS(=O)(=O)c1cc(Cl)ccc1Cl)/C(N)=N/O. The van der Waals surface area contributed by atoms with E-state index in [-0.39, 0.29) is 20.8 Å². The van der Waals surface area contributed by atoms with E-state index in [1.165, 1.54) is 18.2 Å². The van der Waals surface area contributed by atoms with Gasteiger partial charge in [0.2, 0.25) is 10.0 Å². The van der Waals surface area contributed by atoms with Crippen molar-refractivity contribution in [3.8, 4) is 0 Å². The molecule has 0 bridgehead atoms. The van der Waals surface area contributed by atoms with Crippen LogP contribution in [0.15, 0.2) is 28.3 Å². The highest BCUT2D eigenvalue weighted by Gasteiger charge is 2.37. The van der Waals surface area contributed by atoms with E-state index in [4.69, 9.17) is 34.1 Å². The number of rotatable bonds is 6. The molecule has 9 heteroatoms. The summed E-state index contributed by atoms with van der Waals surface area (Å²) < 4.78 is 27.5. The molecule has 0 heterocycles. The van der Waals surface area contributed by atoms with Gasteiger partial charge in [0.1, 0.15) is 4.90 Å². The first kappa shape index (κ1) is 18.0. The Morgan fingerprint density at radius 2 is 1.95 bits per heavy atom. The lowest BCUT2D eigenvalue weighted by atomic mass is 9.93. The van der Waals surface area contributed by atoms with E-state index in [1.54, 1.807) is 13.8 Å². The minimum absolute atomic E-state index is 0.0347. The molecule has 21 heavy (non-hydrogen) atoms. The van der Waals surface area contributed by atoms with Crippen LogP contribution in [0.4, 0.5) is 0 Å². The zero-order chi connectivity index (χ0) is 16.3. The molecule has 1 aromatic rings. The van der Waals surface area contributed by atoms with E-state index in [0.717, 1.165) is 0 Å². The fourth-order valence-corrected chi connectivity index (χ4v) is 4.18. The Hall–Kier alpha value is -1.02. The fourth-order valence-electron chi connectivity index (χ4n) is 1.90. The highest BCUT2D eigenvalue weighted by Crippen LogP contribution is 2.27. The smallest absolute Gasteiger partial charge is 0.243 e. The van der Waals surface area contributed by atoms with Crippen molar-refractivity contribution in [2.24, 2.45) is 10.9 Å². The predicted octanol–water partition coefficient (Wildman–Crippen LogP) is 2.58. The van der Waals surface area contributed by atoms with Crippen LogP contribution in [0.1, 0.15) is 26.7 Å². The lowest BCUT2D eigenvalue weighted by Crippen LogP contribution is -2.56. The Kier molecular flexibility index (Phi) is 5.86. The molecule has 0 aliphatic heterocycles. The highest BCUT2D eigenvalue weighted by atomic mass is 35.5. The molecule has 1 aromatic carbocycles. The van der Waals surface area contributed by atoms with Crippen molar-refractivity contribution in [1.82, 2.24) is 4.72 Å². The highest BCUT2D eigenvalue weighted by molar-refractivity contribution is 7.89. The Bertz CT molecular complexity index is 643. The lowest BCUT2D eigenvalue weighted by molar-refractivity contribution is 0.307. The predicted molar refractivity (Wildman–Crippen MR) is 83.5 cm³/mol. The van der Waals surface area contributed by atoms with Crippen LogP contribution in [0.2, 0.25) is 10.0 Å². The number of hydrogen-bond donors (Lipinski definition) is 3. The molecule has 0 amide bonds. The van der Waals surface area contributed by atoms with Crippen LogP contribution in [-0.2, 0) is 10.0 Å². The Labute approximate surface area is 134 Å². The number of hydrogen-bond acceptors (Lipinski definition) is 4. The van der Waals surface area contributed by atoms with E-state index < -0.39 is 15.6 Å². The van der Waals surface area contributed by atoms with Crippen molar-refractivity contribution in [3.05, 3.63) is 28.2 Å². The van der Waals surface area contributed by atoms with Crippen LogP contribution >= 0.6 is 23.2 Å². The second-order valence-electron chi connectivity index (χ2n) is 4.45. The minimum atomic E-state index is -3.99. The topological polar surface area (TPSA) is 105 Å². The monoisotopic (exact) mass is 353 g/mol. The van der Waals surface area contributed by atoms with Crippen molar-refractivity contribution in [2.75, 3.05) is 0 Å². The molecule has 0 unspecified atom stereocenters. The maximum Gasteiger partial charge on any atom is 0.243 e. The Balaban J connectivity index is 3.34. The van der Waals surface area contributed by atoms with Gasteiger partial charge in [0.05, 0.1) is 10.6 Å². The summed E-state index contributed by atoms with van der Waals surface area (Å²) in [4.78, 5) is -0.159. The third-order valence-electron chi connectivity index (χ3n) is 3.32. The van der Waals surface area contributed by atoms with E-state index in [1.807, 2.05) is 0 Å². The van der Waals surface area contributed by atoms with Crippen LogP contribution in [0.5, 0.6) is 0 Å². The van der Waals surface area contributed by atoms with Gasteiger partial charge in [0.15, 0.2) is 5.84 Å². The van der Waals surface area contributed by atoms with Crippen LogP contribution in [0.25, 0.3) is 0 Å². The lowest BCUT2D eigenvalue weighted by Gasteiger charge is -2.31. The van der Waals surface area contributed by atoms with Gasteiger partial charge in [-0.2, -0.15) is 4.72 Å². The van der Waals surface area contributed by atoms with Crippen LogP contribution in [0.3, 0.4) is 0 Å². The zero-order valence-electron chi connectivity index (χ0n) is 11.6. The van der Waals surface area contributed by atoms with Crippen molar-refractivity contribution in [3.63, 3.8) is 0 Å². The number of benzene rings is 1. The summed E-state index contributed by atoms with van der Waals surface area (Å²) in [5.74, 6) is -0.214. The third kappa shape index (κ3) is 3.79. The largest absolute Gasteiger partial charge is 0.409 e. The van der Waals surface area contributed by atoms with Gasteiger partial charge < -0.3 is 10.9 Å². The molecule has 1 rings (SSSR count). The number of amidine groups is 1. The van der Waals surface area contributed by atoms with Gasteiger partial charge in [-0.3, -0.25) is 0 Å². The first-order chi connectivity index (χ1) is 9.72. The molecule has 0 aliphatic rings. The second kappa shape index (κ2) is 6.83. The van der Waals surface area contributed by atoms with Gasteiger partial charge in [-0.25, -0.2) is 8.42 Å². The molecule has 0 aliphatic carbocycles. The molecule has 6 nitrogen and oxygen atoms in total. The first-order valence-electron chi connectivity index (χ1n) is 6.19. The molecule has 0 aromatic heterocycles. The van der Waals surface area contributed by atoms with Crippen molar-refractivity contribution in [1.29, 1.82) is 0 Å². The quantitative estimate of drug-likeness (QED) is 0.316. The minimum Gasteiger partial charge on any atom is -0.409 e. The van der Waals surface area contributed by atoms with Gasteiger partial charge in [0.25, 0.3) is 0 Å². The van der Waals surface area contributed by atoms with Crippen LogP contribution in [0, 0.1) is 0 Å². The van der Waals surface area contributed by atoms with Gasteiger partial charge in [0, 0.05) is 5.02 Å². The maximum atomic E-state index is 12.5. The summed E-state index contributed by atoms with van der Waals surface area (Å²) in [6.07, 6.45) is 0.605. The average molecular weight is 354 g/mol. The fraction of sp³-hybridized carbons (Fsp3) is 0.417. The number of nitrogens with two attached hydrogens (primary N) is 1. The molecular weight excluding hydrogens is 337 g/mol. The normalized spacial score (nSPS) is 13.4. The second-order valence-corrected chi connectivity index (χ2v) is 6.95. The van der Waals surface area contributed by atoms with E-state index in [2.05, 4.69) is 9.88 Å². The summed E-state index contributed by atoms with van der Waals surface area (Å²) >= 11 is 11.7. The Morgan fingerprint density at radius 1 is 1.38 bits per heavy atom. The van der Waals surface area contributed by atoms with E-state index in [9.17, 15) is 8.42 Å². The first-order valence-corrected chi connectivity index (χ1v) is 8.43. The number of nitrogens with one attached hydrogen (secondary N) is 1. The summed E-state index contributed by atoms with van der Waals surface area (Å²) in [5.41, 5.74) is 4.45. The molecule has 0 spiro atoms. The number of nitrogens with zero attached hydrogens (tertiary/aromatic N) is 1. The Morgan fingerprint density at radius 3 is 2.43 bits per heavy atom. The van der Waals surface area contributed by atoms with E-state index in [0.29, 0.717) is 12.8 Å². The van der Waals surface area contributed by atoms with Crippen molar-refractivity contribution >= 4 is 39.1 Å². The van der Waals surface area contributed by atoms with Gasteiger partial charge in [-0.05, 0) is 31.0 Å². The molecule has 118 valence electrons.